The molecule has 6 heteroatoms. The summed E-state index contributed by atoms with van der Waals surface area (Å²) in [6.45, 7) is 4.09. The van der Waals surface area contributed by atoms with Gasteiger partial charge < -0.3 is 10.6 Å². The van der Waals surface area contributed by atoms with Crippen LogP contribution in [0.15, 0.2) is 10.7 Å². The van der Waals surface area contributed by atoms with Crippen molar-refractivity contribution in [3.8, 4) is 12.3 Å². The Bertz CT molecular complexity index is 453. The zero-order valence-corrected chi connectivity index (χ0v) is 11.2. The topological polar surface area (TPSA) is 66.9 Å². The van der Waals surface area contributed by atoms with Crippen molar-refractivity contribution in [3.05, 3.63) is 16.4 Å². The largest absolute Gasteiger partial charge is 0.352 e. The van der Waals surface area contributed by atoms with Crippen LogP contribution in [-0.2, 0) is 0 Å². The SMILES string of the molecule is C#CCNC(=O)c1nc(NC(C)C)ncc1Br. The molecule has 0 bridgehead atoms. The van der Waals surface area contributed by atoms with Gasteiger partial charge in [0.1, 0.15) is 5.69 Å². The van der Waals surface area contributed by atoms with E-state index < -0.39 is 0 Å². The van der Waals surface area contributed by atoms with Gasteiger partial charge in [-0.2, -0.15) is 0 Å². The number of nitrogens with zero attached hydrogens (tertiary/aromatic N) is 2. The molecule has 0 fully saturated rings. The van der Waals surface area contributed by atoms with E-state index in [1.54, 1.807) is 0 Å². The first-order chi connectivity index (χ1) is 8.04. The van der Waals surface area contributed by atoms with E-state index in [-0.39, 0.29) is 24.2 Å². The number of halogens is 1. The van der Waals surface area contributed by atoms with Crippen molar-refractivity contribution < 1.29 is 4.79 Å². The molecule has 1 aromatic heterocycles. The predicted octanol–water partition coefficient (Wildman–Crippen LogP) is 1.42. The van der Waals surface area contributed by atoms with Crippen LogP contribution in [0, 0.1) is 12.3 Å². The molecule has 0 aliphatic carbocycles. The van der Waals surface area contributed by atoms with E-state index in [9.17, 15) is 4.79 Å². The number of terminal acetylenes is 1. The molecule has 0 aromatic carbocycles. The Balaban J connectivity index is 2.90. The van der Waals surface area contributed by atoms with Crippen LogP contribution in [0.3, 0.4) is 0 Å². The van der Waals surface area contributed by atoms with E-state index in [0.29, 0.717) is 10.4 Å². The van der Waals surface area contributed by atoms with Gasteiger partial charge in [-0.3, -0.25) is 4.79 Å². The van der Waals surface area contributed by atoms with Crippen LogP contribution in [-0.4, -0.2) is 28.5 Å². The molecule has 2 N–H and O–H groups in total. The second kappa shape index (κ2) is 6.21. The lowest BCUT2D eigenvalue weighted by molar-refractivity contribution is 0.0953. The monoisotopic (exact) mass is 296 g/mol. The number of carbonyl (C=O) groups is 1. The Morgan fingerprint density at radius 3 is 2.94 bits per heavy atom. The molecule has 1 aromatic rings. The van der Waals surface area contributed by atoms with E-state index in [2.05, 4.69) is 42.5 Å². The van der Waals surface area contributed by atoms with Crippen LogP contribution >= 0.6 is 15.9 Å². The number of carbonyl (C=O) groups excluding carboxylic acids is 1. The van der Waals surface area contributed by atoms with Crippen molar-refractivity contribution in [2.24, 2.45) is 0 Å². The van der Waals surface area contributed by atoms with Gasteiger partial charge in [0.15, 0.2) is 0 Å². The summed E-state index contributed by atoms with van der Waals surface area (Å²) in [5, 5.41) is 5.57. The van der Waals surface area contributed by atoms with Crippen molar-refractivity contribution in [3.63, 3.8) is 0 Å². The van der Waals surface area contributed by atoms with Crippen molar-refractivity contribution in [2.75, 3.05) is 11.9 Å². The summed E-state index contributed by atoms with van der Waals surface area (Å²) in [7, 11) is 0. The number of rotatable bonds is 4. The molecular weight excluding hydrogens is 284 g/mol. The molecule has 1 amide bonds. The average molecular weight is 297 g/mol. The third kappa shape index (κ3) is 4.04. The Morgan fingerprint density at radius 2 is 2.35 bits per heavy atom. The van der Waals surface area contributed by atoms with Gasteiger partial charge in [-0.05, 0) is 29.8 Å². The first-order valence-corrected chi connectivity index (χ1v) is 5.84. The van der Waals surface area contributed by atoms with Crippen molar-refractivity contribution in [2.45, 2.75) is 19.9 Å². The highest BCUT2D eigenvalue weighted by atomic mass is 79.9. The Kier molecular flexibility index (Phi) is 4.91. The molecule has 0 spiro atoms. The van der Waals surface area contributed by atoms with Crippen LogP contribution in [0.1, 0.15) is 24.3 Å². The second-order valence-corrected chi connectivity index (χ2v) is 4.43. The van der Waals surface area contributed by atoms with Crippen LogP contribution in [0.5, 0.6) is 0 Å². The Morgan fingerprint density at radius 1 is 1.65 bits per heavy atom. The lowest BCUT2D eigenvalue weighted by Gasteiger charge is -2.09. The summed E-state index contributed by atoms with van der Waals surface area (Å²) in [5.41, 5.74) is 0.262. The first kappa shape index (κ1) is 13.5. The maximum Gasteiger partial charge on any atom is 0.272 e. The summed E-state index contributed by atoms with van der Waals surface area (Å²) in [6.07, 6.45) is 6.60. The molecule has 1 rings (SSSR count). The van der Waals surface area contributed by atoms with Gasteiger partial charge in [0.05, 0.1) is 11.0 Å². The number of anilines is 1. The highest BCUT2D eigenvalue weighted by molar-refractivity contribution is 9.10. The van der Waals surface area contributed by atoms with Crippen LogP contribution in [0.25, 0.3) is 0 Å². The minimum atomic E-state index is -0.330. The van der Waals surface area contributed by atoms with E-state index in [1.165, 1.54) is 6.20 Å². The summed E-state index contributed by atoms with van der Waals surface area (Å²) in [4.78, 5) is 19.9. The molecule has 90 valence electrons. The summed E-state index contributed by atoms with van der Waals surface area (Å²) >= 11 is 3.22. The Labute approximate surface area is 109 Å². The van der Waals surface area contributed by atoms with E-state index >= 15 is 0 Å². The van der Waals surface area contributed by atoms with Gasteiger partial charge in [-0.25, -0.2) is 9.97 Å². The molecule has 0 saturated heterocycles. The minimum Gasteiger partial charge on any atom is -0.352 e. The molecule has 0 aliphatic heterocycles. The summed E-state index contributed by atoms with van der Waals surface area (Å²) in [5.74, 6) is 2.41. The number of hydrogen-bond donors (Lipinski definition) is 2. The standard InChI is InChI=1S/C11H13BrN4O/c1-4-5-13-10(17)9-8(12)6-14-11(16-9)15-7(2)3/h1,6-7H,5H2,2-3H3,(H,13,17)(H,14,15,16). The fraction of sp³-hybridized carbons (Fsp3) is 0.364. The second-order valence-electron chi connectivity index (χ2n) is 3.58. The third-order valence-electron chi connectivity index (χ3n) is 1.73. The minimum absolute atomic E-state index is 0.169. The predicted molar refractivity (Wildman–Crippen MR) is 69.7 cm³/mol. The quantitative estimate of drug-likeness (QED) is 0.825. The molecular formula is C11H13BrN4O. The average Bonchev–Trinajstić information content (AvgIpc) is 2.28. The van der Waals surface area contributed by atoms with Crippen LogP contribution < -0.4 is 10.6 Å². The molecule has 0 aliphatic rings. The third-order valence-corrected chi connectivity index (χ3v) is 2.31. The number of aromatic nitrogens is 2. The van der Waals surface area contributed by atoms with Crippen LogP contribution in [0.2, 0.25) is 0 Å². The highest BCUT2D eigenvalue weighted by Crippen LogP contribution is 2.15. The van der Waals surface area contributed by atoms with Gasteiger partial charge in [-0.15, -0.1) is 6.42 Å². The zero-order valence-electron chi connectivity index (χ0n) is 9.62. The van der Waals surface area contributed by atoms with Gasteiger partial charge >= 0.3 is 0 Å². The van der Waals surface area contributed by atoms with E-state index in [4.69, 9.17) is 6.42 Å². The molecule has 1 heterocycles. The number of nitrogens with one attached hydrogen (secondary N) is 2. The molecule has 5 nitrogen and oxygen atoms in total. The van der Waals surface area contributed by atoms with E-state index in [1.807, 2.05) is 13.8 Å². The highest BCUT2D eigenvalue weighted by Gasteiger charge is 2.13. The molecule has 17 heavy (non-hydrogen) atoms. The van der Waals surface area contributed by atoms with Gasteiger partial charge in [0, 0.05) is 12.2 Å². The summed E-state index contributed by atoms with van der Waals surface area (Å²) < 4.78 is 0.529. The Hall–Kier alpha value is -1.61. The van der Waals surface area contributed by atoms with Gasteiger partial charge in [0.25, 0.3) is 5.91 Å². The maximum atomic E-state index is 11.7. The molecule has 0 atom stereocenters. The first-order valence-electron chi connectivity index (χ1n) is 5.05. The number of hydrogen-bond acceptors (Lipinski definition) is 4. The normalized spacial score (nSPS) is 9.82. The molecule has 0 unspecified atom stereocenters. The lowest BCUT2D eigenvalue weighted by atomic mass is 10.3. The lowest BCUT2D eigenvalue weighted by Crippen LogP contribution is -2.26. The van der Waals surface area contributed by atoms with Gasteiger partial charge in [-0.1, -0.05) is 5.92 Å². The van der Waals surface area contributed by atoms with Crippen molar-refractivity contribution >= 4 is 27.8 Å². The zero-order chi connectivity index (χ0) is 12.8. The van der Waals surface area contributed by atoms with E-state index in [0.717, 1.165) is 0 Å². The summed E-state index contributed by atoms with van der Waals surface area (Å²) in [6, 6.07) is 0.192. The molecule has 0 saturated carbocycles. The maximum absolute atomic E-state index is 11.7. The van der Waals surface area contributed by atoms with Crippen molar-refractivity contribution in [1.82, 2.24) is 15.3 Å². The molecule has 0 radical (unpaired) electrons. The van der Waals surface area contributed by atoms with Gasteiger partial charge in [0.2, 0.25) is 5.95 Å². The van der Waals surface area contributed by atoms with Crippen molar-refractivity contribution in [1.29, 1.82) is 0 Å². The smallest absolute Gasteiger partial charge is 0.272 e. The van der Waals surface area contributed by atoms with Crippen LogP contribution in [0.4, 0.5) is 5.95 Å². The fourth-order valence-corrected chi connectivity index (χ4v) is 1.44. The fourth-order valence-electron chi connectivity index (χ4n) is 1.07. The number of amides is 1.